The van der Waals surface area contributed by atoms with Gasteiger partial charge >= 0.3 is 0 Å². The van der Waals surface area contributed by atoms with Crippen LogP contribution in [0.25, 0.3) is 83.1 Å². The van der Waals surface area contributed by atoms with Crippen LogP contribution in [0.15, 0.2) is 211 Å². The van der Waals surface area contributed by atoms with Crippen LogP contribution in [0.2, 0.25) is 0 Å². The monoisotopic (exact) mass is 979 g/mol. The molecule has 12 rings (SSSR count). The second-order valence-electron chi connectivity index (χ2n) is 14.9. The van der Waals surface area contributed by atoms with Gasteiger partial charge in [0.15, 0.2) is 0 Å². The number of anilines is 4. The van der Waals surface area contributed by atoms with Crippen molar-refractivity contribution in [2.45, 2.75) is 0 Å². The van der Waals surface area contributed by atoms with Gasteiger partial charge in [-0.05, 0) is 58.4 Å². The van der Waals surface area contributed by atoms with Crippen molar-refractivity contribution in [3.8, 4) is 50.3 Å². The zero-order valence-corrected chi connectivity index (χ0v) is 35.1. The van der Waals surface area contributed by atoms with Crippen LogP contribution in [0.1, 0.15) is 6.85 Å². The first-order chi connectivity index (χ1) is 32.3. The summed E-state index contributed by atoms with van der Waals surface area (Å²) in [5.41, 5.74) is 11.9. The number of para-hydroxylation sites is 4. The van der Waals surface area contributed by atoms with Crippen LogP contribution in [-0.2, 0) is 21.1 Å². The fraction of sp³-hybridized carbons (Fsp3) is 0. The molecule has 0 unspecified atom stereocenters. The molecule has 6 heteroatoms. The SMILES string of the molecule is [2H]c1c([2H])c([2H])c(-c2cccc(-c3ccccc3)c2N2[CH-]N(c3[c-]c(-c4cc5ccoc5cc4-c4[c-]c5c(cc4)c4ccccc4n5-c4ccccn4)ccc3)c3ccccc32)c([2H])c1[2H].[Pt]. The van der Waals surface area contributed by atoms with E-state index in [0.29, 0.717) is 11.3 Å². The number of nitrogens with zero attached hydrogens (tertiary/aromatic N) is 4. The summed E-state index contributed by atoms with van der Waals surface area (Å²) < 4.78 is 51.8. The van der Waals surface area contributed by atoms with E-state index in [2.05, 4.69) is 81.1 Å². The molecule has 298 valence electrons. The molecule has 0 amide bonds. The van der Waals surface area contributed by atoms with E-state index in [9.17, 15) is 0 Å². The molecule has 1 aliphatic heterocycles. The van der Waals surface area contributed by atoms with Crippen molar-refractivity contribution in [3.63, 3.8) is 0 Å². The van der Waals surface area contributed by atoms with Crippen LogP contribution in [0.4, 0.5) is 22.7 Å². The molecule has 0 radical (unpaired) electrons. The Balaban J connectivity index is 0.00000494. The third-order valence-electron chi connectivity index (χ3n) is 11.4. The van der Waals surface area contributed by atoms with Crippen LogP contribution in [-0.4, -0.2) is 9.55 Å². The molecule has 62 heavy (non-hydrogen) atoms. The van der Waals surface area contributed by atoms with Crippen molar-refractivity contribution >= 4 is 55.5 Å². The molecule has 0 aliphatic carbocycles. The summed E-state index contributed by atoms with van der Waals surface area (Å²) in [6.07, 6.45) is 3.52. The molecule has 0 atom stereocenters. The Morgan fingerprint density at radius 3 is 2.13 bits per heavy atom. The van der Waals surface area contributed by atoms with E-state index in [1.807, 2.05) is 122 Å². The van der Waals surface area contributed by atoms with Gasteiger partial charge in [-0.2, -0.15) is 0 Å². The molecule has 11 aromatic rings. The molecular weight excluding hydrogens is 940 g/mol. The van der Waals surface area contributed by atoms with Crippen molar-refractivity contribution in [2.24, 2.45) is 0 Å². The van der Waals surface area contributed by atoms with Crippen molar-refractivity contribution in [1.82, 2.24) is 9.55 Å². The van der Waals surface area contributed by atoms with Gasteiger partial charge in [0.2, 0.25) is 0 Å². The number of hydrogen-bond donors (Lipinski definition) is 0. The maximum atomic E-state index is 9.05. The summed E-state index contributed by atoms with van der Waals surface area (Å²) in [5, 5.41) is 3.15. The molecule has 0 fully saturated rings. The molecule has 0 spiro atoms. The fourth-order valence-electron chi connectivity index (χ4n) is 8.71. The minimum Gasteiger partial charge on any atom is -0.488 e. The smallest absolute Gasteiger partial charge is 0.136 e. The summed E-state index contributed by atoms with van der Waals surface area (Å²) >= 11 is 0. The number of rotatable bonds is 7. The molecular formula is C56H35N4OPt-3. The van der Waals surface area contributed by atoms with Crippen LogP contribution in [0, 0.1) is 18.8 Å². The van der Waals surface area contributed by atoms with Crippen molar-refractivity contribution in [1.29, 1.82) is 0 Å². The van der Waals surface area contributed by atoms with E-state index in [0.717, 1.165) is 89.0 Å². The molecule has 0 bridgehead atoms. The van der Waals surface area contributed by atoms with E-state index in [1.54, 1.807) is 6.26 Å². The minimum atomic E-state index is -0.435. The van der Waals surface area contributed by atoms with Gasteiger partial charge in [0, 0.05) is 66.4 Å². The summed E-state index contributed by atoms with van der Waals surface area (Å²) in [6, 6.07) is 60.4. The van der Waals surface area contributed by atoms with Crippen LogP contribution < -0.4 is 9.80 Å². The first-order valence-electron chi connectivity index (χ1n) is 22.5. The Morgan fingerprint density at radius 2 is 1.29 bits per heavy atom. The summed E-state index contributed by atoms with van der Waals surface area (Å²) in [5.74, 6) is 0.808. The quantitative estimate of drug-likeness (QED) is 0.149. The maximum Gasteiger partial charge on any atom is 0.136 e. The normalized spacial score (nSPS) is 13.4. The van der Waals surface area contributed by atoms with Crippen molar-refractivity contribution in [2.75, 3.05) is 9.80 Å². The van der Waals surface area contributed by atoms with Gasteiger partial charge in [-0.3, -0.25) is 0 Å². The maximum absolute atomic E-state index is 9.05. The largest absolute Gasteiger partial charge is 0.488 e. The van der Waals surface area contributed by atoms with E-state index >= 15 is 0 Å². The second kappa shape index (κ2) is 15.5. The Kier molecular flexibility index (Phi) is 8.10. The third-order valence-corrected chi connectivity index (χ3v) is 11.4. The van der Waals surface area contributed by atoms with E-state index < -0.39 is 6.04 Å². The number of benzene rings is 8. The first-order valence-corrected chi connectivity index (χ1v) is 20.0. The molecule has 0 N–H and O–H groups in total. The molecule has 1 aliphatic rings. The fourth-order valence-corrected chi connectivity index (χ4v) is 8.71. The summed E-state index contributed by atoms with van der Waals surface area (Å²) in [6.45, 7) is 2.00. The van der Waals surface area contributed by atoms with Gasteiger partial charge < -0.3 is 18.8 Å². The molecule has 0 saturated heterocycles. The average Bonchev–Trinajstić information content (AvgIpc) is 4.09. The van der Waals surface area contributed by atoms with Crippen molar-refractivity contribution < 1.29 is 32.3 Å². The summed E-state index contributed by atoms with van der Waals surface area (Å²) in [4.78, 5) is 8.89. The Hall–Kier alpha value is -7.46. The standard InChI is InChI=1S/C56H35N4O.Pt/c1-3-15-38(16-4-1)44-22-14-23-45(39-17-5-2-6-18-39)56(44)59-37-58(51-25-9-10-26-52(51)59)43-20-13-19-40(33-43)48-34-42-30-32-61-54(42)36-49(48)41-28-29-47-46-21-7-8-24-50(46)60(53(47)35-41)55-27-11-12-31-57-55;/h1-32,34,36-37H;/q-3;/i1D,3D,4D,15D,16D;. The van der Waals surface area contributed by atoms with Gasteiger partial charge in [0.25, 0.3) is 0 Å². The van der Waals surface area contributed by atoms with Gasteiger partial charge in [-0.25, -0.2) is 4.98 Å². The number of furan rings is 1. The Bertz CT molecular complexity index is 3700. The number of fused-ring (bicyclic) bond motifs is 5. The second-order valence-corrected chi connectivity index (χ2v) is 14.9. The number of pyridine rings is 1. The minimum absolute atomic E-state index is 0. The zero-order chi connectivity index (χ0) is 44.6. The molecule has 4 heterocycles. The number of aromatic nitrogens is 2. The summed E-state index contributed by atoms with van der Waals surface area (Å²) in [7, 11) is 0. The molecule has 0 saturated carbocycles. The Labute approximate surface area is 381 Å². The molecule has 5 nitrogen and oxygen atoms in total. The van der Waals surface area contributed by atoms with E-state index in [-0.39, 0.29) is 50.8 Å². The van der Waals surface area contributed by atoms with Gasteiger partial charge in [0.05, 0.1) is 13.1 Å². The van der Waals surface area contributed by atoms with Crippen LogP contribution in [0.3, 0.4) is 0 Å². The zero-order valence-electron chi connectivity index (χ0n) is 37.8. The van der Waals surface area contributed by atoms with E-state index in [1.165, 1.54) is 0 Å². The first kappa shape index (κ1) is 32.3. The van der Waals surface area contributed by atoms with Crippen molar-refractivity contribution in [3.05, 3.63) is 225 Å². The third kappa shape index (κ3) is 6.24. The van der Waals surface area contributed by atoms with Gasteiger partial charge in [0.1, 0.15) is 11.4 Å². The van der Waals surface area contributed by atoms with E-state index in [4.69, 9.17) is 16.3 Å². The Morgan fingerprint density at radius 1 is 0.565 bits per heavy atom. The van der Waals surface area contributed by atoms with Crippen LogP contribution >= 0.6 is 0 Å². The predicted molar refractivity (Wildman–Crippen MR) is 249 cm³/mol. The van der Waals surface area contributed by atoms with Gasteiger partial charge in [-0.1, -0.05) is 138 Å². The molecule has 3 aromatic heterocycles. The topological polar surface area (TPSA) is 37.4 Å². The average molecular weight is 980 g/mol. The predicted octanol–water partition coefficient (Wildman–Crippen LogP) is 14.6. The van der Waals surface area contributed by atoms with Crippen LogP contribution in [0.5, 0.6) is 0 Å². The number of hydrogen-bond acceptors (Lipinski definition) is 4. The molecule has 8 aromatic carbocycles. The van der Waals surface area contributed by atoms with Gasteiger partial charge in [-0.15, -0.1) is 71.4 Å².